The van der Waals surface area contributed by atoms with Crippen LogP contribution in [0.5, 0.6) is 0 Å². The van der Waals surface area contributed by atoms with Gasteiger partial charge in [0.1, 0.15) is 0 Å². The van der Waals surface area contributed by atoms with Crippen LogP contribution < -0.4 is 0 Å². The van der Waals surface area contributed by atoms with Crippen LogP contribution in [0.25, 0.3) is 0 Å². The Morgan fingerprint density at radius 2 is 2.12 bits per heavy atom. The Morgan fingerprint density at radius 1 is 1.62 bits per heavy atom. The van der Waals surface area contributed by atoms with Crippen LogP contribution in [0.1, 0.15) is 0 Å². The van der Waals surface area contributed by atoms with Gasteiger partial charge in [-0.25, -0.2) is 0 Å². The quantitative estimate of drug-likeness (QED) is 0.371. The Morgan fingerprint density at radius 3 is 2.25 bits per heavy atom. The van der Waals surface area contributed by atoms with Gasteiger partial charge in [0.15, 0.2) is 0 Å². The first-order valence-electron chi connectivity index (χ1n) is 0.869. The topological polar surface area (TPSA) is 0 Å². The Hall–Kier alpha value is 3.56. The molecule has 0 aliphatic heterocycles. The van der Waals surface area contributed by atoms with E-state index in [1.807, 2.05) is 35.5 Å². The standard InChI is InChI=1S/2Cu.2Mo.S2.2S/c;;;;1-2;;/q;;2*+1;-2;;. The molecule has 0 nitrogen and oxygen atoms in total. The first-order chi connectivity index (χ1) is 3.91. The molecule has 0 saturated heterocycles. The molecular weight excluding hydrogens is 447 g/mol. The van der Waals surface area contributed by atoms with Gasteiger partial charge >= 0.3 is 96.9 Å². The van der Waals surface area contributed by atoms with Crippen LogP contribution in [0, 0.1) is 0 Å². The second-order valence-electron chi connectivity index (χ2n) is 0.237. The van der Waals surface area contributed by atoms with Crippen LogP contribution in [-0.4, -0.2) is 0 Å². The van der Waals surface area contributed by atoms with E-state index in [4.69, 9.17) is 0 Å². The van der Waals surface area contributed by atoms with Crippen molar-refractivity contribution in [3.8, 4) is 0 Å². The minimum absolute atomic E-state index is 0.0883. The third-order valence-corrected chi connectivity index (χ3v) is 17.8. The third-order valence-electron chi connectivity index (χ3n) is 0.0688. The monoisotopic (exact) mass is 450 g/mol. The molecule has 0 aliphatic rings. The van der Waals surface area contributed by atoms with Gasteiger partial charge in [0.05, 0.1) is 0 Å². The predicted molar refractivity (Wildman–Crippen MR) is 30.4 cm³/mol. The molecule has 0 aromatic rings. The van der Waals surface area contributed by atoms with Gasteiger partial charge in [-0.1, -0.05) is 0 Å². The average molecular weight is 447 g/mol. The van der Waals surface area contributed by atoms with E-state index in [2.05, 4.69) is 35.5 Å². The van der Waals surface area contributed by atoms with Crippen molar-refractivity contribution in [2.75, 3.05) is 0 Å². The second kappa shape index (κ2) is 16.9. The van der Waals surface area contributed by atoms with Gasteiger partial charge in [-0.2, -0.15) is 0 Å². The van der Waals surface area contributed by atoms with Gasteiger partial charge in [-0.15, -0.1) is 0 Å². The Bertz CT molecular complexity index is 49.3. The van der Waals surface area contributed by atoms with Gasteiger partial charge < -0.3 is 0 Å². The van der Waals surface area contributed by atoms with Crippen molar-refractivity contribution >= 4 is 38.1 Å². The molecule has 0 aromatic heterocycles. The zero-order chi connectivity index (χ0) is 6.83. The Kier molecular flexibility index (Phi) is 29.8. The van der Waals surface area contributed by atoms with Crippen LogP contribution in [0.15, 0.2) is 0 Å². The maximum absolute atomic E-state index is 4.65. The van der Waals surface area contributed by atoms with E-state index in [0.717, 1.165) is 0 Å². The zero-order valence-electron chi connectivity index (χ0n) is 3.05. The van der Waals surface area contributed by atoms with Gasteiger partial charge in [0, 0.05) is 0 Å². The van der Waals surface area contributed by atoms with Crippen molar-refractivity contribution in [3.05, 3.63) is 0 Å². The summed E-state index contributed by atoms with van der Waals surface area (Å²) >= 11 is 5.88. The summed E-state index contributed by atoms with van der Waals surface area (Å²) in [7, 11) is 13.7. The number of rotatable bonds is 3. The van der Waals surface area contributed by atoms with Crippen molar-refractivity contribution in [3.63, 3.8) is 0 Å². The summed E-state index contributed by atoms with van der Waals surface area (Å²) in [6.45, 7) is 0. The van der Waals surface area contributed by atoms with Crippen molar-refractivity contribution < 1.29 is 58.8 Å². The van der Waals surface area contributed by atoms with Gasteiger partial charge in [0.25, 0.3) is 0 Å². The average Bonchev–Trinajstić information content (AvgIpc) is 1.88. The van der Waals surface area contributed by atoms with Crippen LogP contribution >= 0.6 is 38.1 Å². The first kappa shape index (κ1) is 14.1. The van der Waals surface area contributed by atoms with Crippen LogP contribution in [0.3, 0.4) is 0 Å². The van der Waals surface area contributed by atoms with E-state index < -0.39 is 0 Å². The van der Waals surface area contributed by atoms with E-state index >= 15 is 0 Å². The molecule has 8 heavy (non-hydrogen) atoms. The molecule has 0 saturated carbocycles. The molecular formula is Cu2Mo2S4. The molecule has 0 aromatic carbocycles. The summed E-state index contributed by atoms with van der Waals surface area (Å²) in [5.74, 6) is 0. The van der Waals surface area contributed by atoms with Crippen LogP contribution in [-0.2, 0) is 58.8 Å². The maximum atomic E-state index is 4.65. The molecule has 0 atom stereocenters. The third kappa shape index (κ3) is 16.3. The van der Waals surface area contributed by atoms with Gasteiger partial charge in [-0.05, 0) is 0 Å². The van der Waals surface area contributed by atoms with E-state index in [-0.39, 0.29) is 15.2 Å². The van der Waals surface area contributed by atoms with Crippen molar-refractivity contribution in [1.82, 2.24) is 0 Å². The van der Waals surface area contributed by atoms with Gasteiger partial charge in [-0.3, -0.25) is 0 Å². The van der Waals surface area contributed by atoms with E-state index in [0.29, 0.717) is 0 Å². The molecule has 0 fully saturated rings. The predicted octanol–water partition coefficient (Wildman–Crippen LogP) is 2.58. The molecule has 58 valence electrons. The Balaban J connectivity index is 0. The molecule has 0 spiro atoms. The summed E-state index contributed by atoms with van der Waals surface area (Å²) in [5.41, 5.74) is 0. The molecule has 8 heteroatoms. The summed E-state index contributed by atoms with van der Waals surface area (Å²) in [5, 5.41) is 0. The normalized spacial score (nSPS) is 7.75. The summed E-state index contributed by atoms with van der Waals surface area (Å²) < 4.78 is 0. The van der Waals surface area contributed by atoms with Gasteiger partial charge in [0.2, 0.25) is 0 Å². The number of hydrogen-bond acceptors (Lipinski definition) is 4. The number of hydrogen-bond donors (Lipinski definition) is 0. The fourth-order valence-electron chi connectivity index (χ4n) is 0.0168. The second-order valence-corrected chi connectivity index (χ2v) is 14.6. The molecule has 0 amide bonds. The fraction of sp³-hybridized carbons (Fsp3) is 0. The van der Waals surface area contributed by atoms with Crippen LogP contribution in [0.4, 0.5) is 0 Å². The summed E-state index contributed by atoms with van der Waals surface area (Å²) in [6, 6.07) is 0. The SMILES string of the molecule is [S]=[Cu].[S]=[Cu][Mo][S][S][Mo]. The zero-order valence-corrected chi connectivity index (χ0v) is 12.2. The van der Waals surface area contributed by atoms with Crippen molar-refractivity contribution in [2.45, 2.75) is 0 Å². The minimum atomic E-state index is 0.0883. The van der Waals surface area contributed by atoms with Crippen molar-refractivity contribution in [2.24, 2.45) is 0 Å². The fourth-order valence-corrected chi connectivity index (χ4v) is 16.4. The molecule has 0 N–H and O–H groups in total. The Labute approximate surface area is 94.8 Å². The molecule has 0 bridgehead atoms. The van der Waals surface area contributed by atoms with E-state index in [1.54, 1.807) is 10.7 Å². The molecule has 0 heterocycles. The molecule has 0 radical (unpaired) electrons. The van der Waals surface area contributed by atoms with E-state index in [9.17, 15) is 0 Å². The summed E-state index contributed by atoms with van der Waals surface area (Å²) in [6.07, 6.45) is 0. The van der Waals surface area contributed by atoms with Crippen molar-refractivity contribution in [1.29, 1.82) is 0 Å². The molecule has 0 unspecified atom stereocenters. The molecule has 0 rings (SSSR count). The summed E-state index contributed by atoms with van der Waals surface area (Å²) in [4.78, 5) is 0. The van der Waals surface area contributed by atoms with E-state index in [1.165, 1.54) is 0 Å². The molecule has 0 aliphatic carbocycles. The van der Waals surface area contributed by atoms with Crippen LogP contribution in [0.2, 0.25) is 0 Å². The first-order valence-corrected chi connectivity index (χ1v) is 13.5.